The van der Waals surface area contributed by atoms with E-state index in [0.29, 0.717) is 22.6 Å². The van der Waals surface area contributed by atoms with Crippen LogP contribution in [0.15, 0.2) is 24.0 Å². The highest BCUT2D eigenvalue weighted by molar-refractivity contribution is 7.72. The van der Waals surface area contributed by atoms with Gasteiger partial charge in [0.05, 0.1) is 28.4 Å². The van der Waals surface area contributed by atoms with Crippen molar-refractivity contribution in [2.75, 3.05) is 192 Å². The van der Waals surface area contributed by atoms with Gasteiger partial charge in [0.25, 0.3) is 0 Å². The summed E-state index contributed by atoms with van der Waals surface area (Å²) in [4.78, 5) is 82.3. The van der Waals surface area contributed by atoms with Crippen molar-refractivity contribution in [2.24, 2.45) is 0 Å². The van der Waals surface area contributed by atoms with Crippen molar-refractivity contribution in [3.63, 3.8) is 0 Å². The van der Waals surface area contributed by atoms with Crippen molar-refractivity contribution in [1.29, 1.82) is 0 Å². The summed E-state index contributed by atoms with van der Waals surface area (Å²) in [5.41, 5.74) is 9.06. The van der Waals surface area contributed by atoms with Crippen molar-refractivity contribution in [3.05, 3.63) is 101 Å². The third-order valence-electron chi connectivity index (χ3n) is 18.1. The summed E-state index contributed by atoms with van der Waals surface area (Å²) >= 11 is 26.2. The van der Waals surface area contributed by atoms with E-state index >= 15 is 0 Å². The van der Waals surface area contributed by atoms with Crippen molar-refractivity contribution in [2.45, 2.75) is 212 Å². The van der Waals surface area contributed by atoms with Crippen LogP contribution in [0, 0.1) is 22.6 Å². The average Bonchev–Trinajstić information content (AvgIpc) is 0.787. The molecule has 20 heteroatoms. The topological polar surface area (TPSA) is 118 Å². The van der Waals surface area contributed by atoms with Crippen LogP contribution < -0.4 is 51.6 Å². The maximum absolute atomic E-state index is 12.0. The highest BCUT2D eigenvalue weighted by atomic mass is 32.1. The van der Waals surface area contributed by atoms with E-state index in [4.69, 9.17) is 61.1 Å². The second kappa shape index (κ2) is 40.2. The summed E-state index contributed by atoms with van der Waals surface area (Å²) in [5.74, 6) is 0. The highest BCUT2D eigenvalue weighted by Gasteiger charge is 2.35. The van der Waals surface area contributed by atoms with Crippen molar-refractivity contribution >= 4 is 89.5 Å². The van der Waals surface area contributed by atoms with Gasteiger partial charge in [-0.1, -0.05) is 220 Å². The lowest BCUT2D eigenvalue weighted by Crippen LogP contribution is -2.39. The van der Waals surface area contributed by atoms with E-state index in [1.807, 2.05) is 28.2 Å². The fraction of sp³-hybridized carbons (Fsp3) is 0.740. The molecular formula is C77H134N10O5S5. The molecule has 0 bridgehead atoms. The molecule has 0 atom stereocenters. The minimum atomic E-state index is -0.129. The molecule has 0 saturated heterocycles. The largest absolute Gasteiger partial charge is 0.372 e. The Hall–Kier alpha value is -3.70. The second-order valence-electron chi connectivity index (χ2n) is 31.8. The summed E-state index contributed by atoms with van der Waals surface area (Å²) < 4.78 is 2.54. The Morgan fingerprint density at radius 3 is 0.639 bits per heavy atom. The van der Waals surface area contributed by atoms with Gasteiger partial charge in [-0.05, 0) is 119 Å². The number of hydrogen-bond acceptors (Lipinski definition) is 20. The Labute approximate surface area is 615 Å². The van der Waals surface area contributed by atoms with E-state index < -0.39 is 0 Å². The van der Waals surface area contributed by atoms with Crippen LogP contribution in [0.4, 0.5) is 28.4 Å². The minimum absolute atomic E-state index is 0.0585. The first-order chi connectivity index (χ1) is 44.6. The third-order valence-corrected chi connectivity index (χ3v) is 20.0. The first-order valence-corrected chi connectivity index (χ1v) is 37.9. The van der Waals surface area contributed by atoms with Crippen LogP contribution in [0.1, 0.15) is 213 Å². The van der Waals surface area contributed by atoms with Gasteiger partial charge in [-0.15, -0.1) is 0 Å². The molecule has 5 rings (SSSR count). The summed E-state index contributed by atoms with van der Waals surface area (Å²) in [6.07, 6.45) is 4.69. The lowest BCUT2D eigenvalue weighted by Gasteiger charge is -2.32. The van der Waals surface area contributed by atoms with Crippen LogP contribution in [0.3, 0.4) is 0 Å². The van der Waals surface area contributed by atoms with E-state index in [-0.39, 0.29) is 54.2 Å². The van der Waals surface area contributed by atoms with Crippen LogP contribution in [-0.4, -0.2) is 192 Å². The van der Waals surface area contributed by atoms with Crippen LogP contribution in [-0.2, 0) is 27.1 Å². The minimum Gasteiger partial charge on any atom is -0.372 e. The highest BCUT2D eigenvalue weighted by Crippen LogP contribution is 2.37. The Bertz CT molecular complexity index is 3580. The van der Waals surface area contributed by atoms with Gasteiger partial charge < -0.3 is 49.0 Å². The van der Waals surface area contributed by atoms with E-state index in [9.17, 15) is 24.0 Å². The SMILES string of the molecule is CCCN(C)CCN(C)c1c(C(C)(C)C)c(=O)c1=S.CCCN(CC)CCN(C)c1c(C(C)(C)C)c(=O)c1=S.CCCN(CCC)CCN(C)c1c(C(C)(C)C)c(=O)c1=S.CCN(C)CCN(C)c1c(C(C)(C)C)c(=O)c1=S.CCN(CC)CCN(C)c1c(C(C)(C)C)c(=O)c1=S. The molecule has 0 aromatic heterocycles. The molecular weight excluding hydrogens is 1310 g/mol. The Morgan fingerprint density at radius 2 is 0.433 bits per heavy atom. The van der Waals surface area contributed by atoms with E-state index in [0.717, 1.165) is 180 Å². The van der Waals surface area contributed by atoms with Crippen LogP contribution in [0.5, 0.6) is 0 Å². The Balaban J connectivity index is 0.000000607. The lowest BCUT2D eigenvalue weighted by atomic mass is 9.82. The molecule has 0 saturated carbocycles. The number of anilines is 5. The quantitative estimate of drug-likeness (QED) is 0.0380. The number of hydrogen-bond donors (Lipinski definition) is 0. The Kier molecular flexibility index (Phi) is 37.9. The molecule has 0 amide bonds. The Morgan fingerprint density at radius 1 is 0.237 bits per heavy atom. The molecule has 0 spiro atoms. The molecule has 0 fully saturated rings. The second-order valence-corrected chi connectivity index (χ2v) is 33.8. The van der Waals surface area contributed by atoms with E-state index in [1.54, 1.807) is 0 Å². The van der Waals surface area contributed by atoms with Crippen molar-refractivity contribution in [1.82, 2.24) is 24.5 Å². The third kappa shape index (κ3) is 25.6. The predicted octanol–water partition coefficient (Wildman–Crippen LogP) is 14.4. The summed E-state index contributed by atoms with van der Waals surface area (Å²) in [5, 5.41) is 0. The first kappa shape index (κ1) is 91.3. The molecule has 0 aliphatic rings. The fourth-order valence-electron chi connectivity index (χ4n) is 12.2. The van der Waals surface area contributed by atoms with Gasteiger partial charge in [0.1, 0.15) is 22.6 Å². The molecule has 0 N–H and O–H groups in total. The van der Waals surface area contributed by atoms with Gasteiger partial charge in [0.2, 0.25) is 27.1 Å². The molecule has 0 aliphatic carbocycles. The van der Waals surface area contributed by atoms with E-state index in [2.05, 4.69) is 229 Å². The average molecular weight is 1440 g/mol. The zero-order valence-electron chi connectivity index (χ0n) is 66.6. The molecule has 5 aromatic rings. The maximum Gasteiger partial charge on any atom is 0.204 e. The molecule has 0 aliphatic heterocycles. The molecule has 0 unspecified atom stereocenters. The molecule has 0 radical (unpaired) electrons. The van der Waals surface area contributed by atoms with Crippen molar-refractivity contribution < 1.29 is 0 Å². The normalized spacial score (nSPS) is 12.4. The predicted molar refractivity (Wildman–Crippen MR) is 438 cm³/mol. The fourth-order valence-corrected chi connectivity index (χ4v) is 14.0. The monoisotopic (exact) mass is 1440 g/mol. The zero-order valence-corrected chi connectivity index (χ0v) is 70.7. The zero-order chi connectivity index (χ0) is 75.4. The standard InChI is InChI=1S/C17H30N2OS.C16H28N2OS.2C15H26N2OS.C14H24N2OS/c1-7-9-19(10-8-2)12-11-18(6)14-13(17(3,4)5)15(20)16(14)21;1-7-9-18(8-2)11-10-17(6)13-12(16(3,4)5)14(19)15(13)20;1-7-8-16(5)9-10-17(6)12-11(15(2,3)4)13(18)14(12)19;1-7-17(8-2)10-9-16(6)12-11(15(3,4)5)13(18)14(12)19;1-7-15(5)8-9-16(6)11-10(14(2,3)4)12(17)13(11)18/h7-12H2,1-6H3;7-11H2,1-6H3;2*7-10H2,1-6H3;7-9H2,1-6H3. The van der Waals surface area contributed by atoms with Crippen LogP contribution >= 0.6 is 61.1 Å². The van der Waals surface area contributed by atoms with Gasteiger partial charge in [0.15, 0.2) is 0 Å². The molecule has 15 nitrogen and oxygen atoms in total. The smallest absolute Gasteiger partial charge is 0.204 e. The first-order valence-electron chi connectivity index (χ1n) is 35.9. The van der Waals surface area contributed by atoms with Gasteiger partial charge in [-0.3, -0.25) is 24.0 Å². The summed E-state index contributed by atoms with van der Waals surface area (Å²) in [7, 11) is 14.4. The molecule has 97 heavy (non-hydrogen) atoms. The van der Waals surface area contributed by atoms with Gasteiger partial charge >= 0.3 is 0 Å². The lowest BCUT2D eigenvalue weighted by molar-refractivity contribution is 0.281. The van der Waals surface area contributed by atoms with Crippen LogP contribution in [0.2, 0.25) is 0 Å². The maximum atomic E-state index is 12.0. The molecule has 5 aromatic carbocycles. The molecule has 552 valence electrons. The van der Waals surface area contributed by atoms with Gasteiger partial charge in [0, 0.05) is 129 Å². The summed E-state index contributed by atoms with van der Waals surface area (Å²) in [6.45, 7) is 66.8. The number of rotatable bonds is 32. The summed E-state index contributed by atoms with van der Waals surface area (Å²) in [6, 6.07) is 0. The number of nitrogens with zero attached hydrogens (tertiary/aromatic N) is 10. The van der Waals surface area contributed by atoms with Gasteiger partial charge in [-0.2, -0.15) is 0 Å². The van der Waals surface area contributed by atoms with Crippen molar-refractivity contribution in [3.8, 4) is 0 Å². The van der Waals surface area contributed by atoms with Crippen LogP contribution in [0.25, 0.3) is 0 Å². The number of likely N-dealkylation sites (N-methyl/N-ethyl adjacent to an activating group) is 9. The van der Waals surface area contributed by atoms with Gasteiger partial charge in [-0.25, -0.2) is 0 Å². The van der Waals surface area contributed by atoms with E-state index in [1.165, 1.54) is 19.3 Å². The molecule has 0 heterocycles.